The Morgan fingerprint density at radius 2 is 2.04 bits per heavy atom. The molecule has 28 heavy (non-hydrogen) atoms. The van der Waals surface area contributed by atoms with Crippen LogP contribution in [0.1, 0.15) is 66.8 Å². The SMILES string of the molecule is Cc1ccnc2c(C(=O)Nc3cn([C@H]4CC[C@H](C)CC4)nc3C(F)F)cnn12. The molecule has 0 atom stereocenters. The maximum absolute atomic E-state index is 13.5. The molecule has 4 rings (SSSR count). The third-order valence-corrected chi connectivity index (χ3v) is 5.41. The first-order valence-corrected chi connectivity index (χ1v) is 9.42. The number of hydrogen-bond donors (Lipinski definition) is 1. The topological polar surface area (TPSA) is 77.1 Å². The van der Waals surface area contributed by atoms with Gasteiger partial charge in [-0.15, -0.1) is 0 Å². The van der Waals surface area contributed by atoms with Gasteiger partial charge in [-0.05, 0) is 44.6 Å². The Hall–Kier alpha value is -2.84. The highest BCUT2D eigenvalue weighted by molar-refractivity contribution is 6.08. The van der Waals surface area contributed by atoms with Crippen molar-refractivity contribution in [2.45, 2.75) is 52.0 Å². The monoisotopic (exact) mass is 388 g/mol. The fourth-order valence-corrected chi connectivity index (χ4v) is 3.72. The summed E-state index contributed by atoms with van der Waals surface area (Å²) < 4.78 is 30.1. The largest absolute Gasteiger partial charge is 0.319 e. The molecule has 0 bridgehead atoms. The second-order valence-electron chi connectivity index (χ2n) is 7.46. The average Bonchev–Trinajstić information content (AvgIpc) is 3.27. The number of anilines is 1. The summed E-state index contributed by atoms with van der Waals surface area (Å²) in [5.41, 5.74) is 1.04. The summed E-state index contributed by atoms with van der Waals surface area (Å²) in [4.78, 5) is 16.9. The number of nitrogens with zero attached hydrogens (tertiary/aromatic N) is 5. The van der Waals surface area contributed by atoms with Crippen LogP contribution in [-0.2, 0) is 0 Å². The highest BCUT2D eigenvalue weighted by Crippen LogP contribution is 2.34. The van der Waals surface area contributed by atoms with Crippen LogP contribution in [0.4, 0.5) is 14.5 Å². The van der Waals surface area contributed by atoms with Gasteiger partial charge in [-0.1, -0.05) is 6.92 Å². The van der Waals surface area contributed by atoms with Gasteiger partial charge in [0.05, 0.1) is 17.9 Å². The normalized spacial score (nSPS) is 20.0. The molecule has 0 spiro atoms. The average molecular weight is 388 g/mol. The predicted octanol–water partition coefficient (Wildman–Crippen LogP) is 4.18. The van der Waals surface area contributed by atoms with Crippen molar-refractivity contribution in [3.05, 3.63) is 41.6 Å². The van der Waals surface area contributed by atoms with Gasteiger partial charge in [-0.25, -0.2) is 18.3 Å². The van der Waals surface area contributed by atoms with Gasteiger partial charge >= 0.3 is 0 Å². The molecule has 9 heteroatoms. The summed E-state index contributed by atoms with van der Waals surface area (Å²) >= 11 is 0. The molecule has 0 saturated heterocycles. The standard InChI is InChI=1S/C19H22F2N6O/c1-11-3-5-13(6-4-11)26-10-15(16(25-26)17(20)21)24-19(28)14-9-23-27-12(2)7-8-22-18(14)27/h7-11,13,17H,3-6H2,1-2H3,(H,24,28)/t11-,13-. The predicted molar refractivity (Wildman–Crippen MR) is 99.5 cm³/mol. The Balaban J connectivity index is 1.61. The van der Waals surface area contributed by atoms with Crippen LogP contribution in [-0.4, -0.2) is 30.3 Å². The third kappa shape index (κ3) is 3.36. The second-order valence-corrected chi connectivity index (χ2v) is 7.46. The zero-order chi connectivity index (χ0) is 19.8. The zero-order valence-corrected chi connectivity index (χ0v) is 15.8. The van der Waals surface area contributed by atoms with Crippen LogP contribution < -0.4 is 5.32 Å². The van der Waals surface area contributed by atoms with Crippen molar-refractivity contribution in [2.24, 2.45) is 5.92 Å². The zero-order valence-electron chi connectivity index (χ0n) is 15.8. The Bertz CT molecular complexity index is 1000. The summed E-state index contributed by atoms with van der Waals surface area (Å²) in [6.45, 7) is 4.04. The Morgan fingerprint density at radius 1 is 1.29 bits per heavy atom. The van der Waals surface area contributed by atoms with Crippen molar-refractivity contribution in [3.8, 4) is 0 Å². The molecule has 1 aliphatic rings. The molecule has 1 aliphatic carbocycles. The van der Waals surface area contributed by atoms with E-state index in [0.29, 0.717) is 11.6 Å². The molecule has 7 nitrogen and oxygen atoms in total. The van der Waals surface area contributed by atoms with Gasteiger partial charge < -0.3 is 5.32 Å². The summed E-state index contributed by atoms with van der Waals surface area (Å²) in [7, 11) is 0. The number of nitrogens with one attached hydrogen (secondary N) is 1. The molecule has 1 amide bonds. The van der Waals surface area contributed by atoms with Gasteiger partial charge in [0.2, 0.25) is 0 Å². The molecule has 1 saturated carbocycles. The quantitative estimate of drug-likeness (QED) is 0.728. The number of alkyl halides is 2. The van der Waals surface area contributed by atoms with Crippen LogP contribution in [0.2, 0.25) is 0 Å². The van der Waals surface area contributed by atoms with Gasteiger partial charge in [-0.2, -0.15) is 10.2 Å². The molecule has 3 aromatic rings. The number of aromatic nitrogens is 5. The van der Waals surface area contributed by atoms with E-state index in [9.17, 15) is 13.6 Å². The van der Waals surface area contributed by atoms with Crippen LogP contribution in [0, 0.1) is 12.8 Å². The van der Waals surface area contributed by atoms with E-state index >= 15 is 0 Å². The summed E-state index contributed by atoms with van der Waals surface area (Å²) in [5, 5.41) is 10.8. The van der Waals surface area contributed by atoms with Crippen LogP contribution >= 0.6 is 0 Å². The first-order valence-electron chi connectivity index (χ1n) is 9.42. The van der Waals surface area contributed by atoms with Gasteiger partial charge in [0.1, 0.15) is 5.56 Å². The minimum atomic E-state index is -2.77. The summed E-state index contributed by atoms with van der Waals surface area (Å²) in [6, 6.07) is 1.85. The Kier molecular flexibility index (Phi) is 4.82. The number of halogens is 2. The summed E-state index contributed by atoms with van der Waals surface area (Å²) in [6.07, 6.45) is 5.60. The lowest BCUT2D eigenvalue weighted by molar-refractivity contribution is 0.102. The van der Waals surface area contributed by atoms with Gasteiger partial charge in [0, 0.05) is 18.1 Å². The van der Waals surface area contributed by atoms with E-state index in [-0.39, 0.29) is 17.3 Å². The molecule has 3 heterocycles. The third-order valence-electron chi connectivity index (χ3n) is 5.41. The fourth-order valence-electron chi connectivity index (χ4n) is 3.72. The minimum absolute atomic E-state index is 0.0330. The summed E-state index contributed by atoms with van der Waals surface area (Å²) in [5.74, 6) is 0.110. The van der Waals surface area contributed by atoms with Crippen LogP contribution in [0.3, 0.4) is 0 Å². The van der Waals surface area contributed by atoms with E-state index < -0.39 is 18.0 Å². The maximum atomic E-state index is 13.5. The number of carbonyl (C=O) groups excluding carboxylic acids is 1. The van der Waals surface area contributed by atoms with Crippen molar-refractivity contribution in [1.82, 2.24) is 24.4 Å². The molecule has 0 aliphatic heterocycles. The van der Waals surface area contributed by atoms with E-state index in [1.165, 1.54) is 16.9 Å². The molecular formula is C19H22F2N6O. The smallest absolute Gasteiger partial charge is 0.284 e. The molecule has 3 aromatic heterocycles. The fraction of sp³-hybridized carbons (Fsp3) is 0.474. The molecule has 0 aromatic carbocycles. The van der Waals surface area contributed by atoms with Crippen LogP contribution in [0.15, 0.2) is 24.7 Å². The number of amides is 1. The molecule has 148 valence electrons. The second kappa shape index (κ2) is 7.29. The first-order chi connectivity index (χ1) is 13.4. The highest BCUT2D eigenvalue weighted by Gasteiger charge is 2.26. The number of carbonyl (C=O) groups is 1. The van der Waals surface area contributed by atoms with Crippen molar-refractivity contribution in [1.29, 1.82) is 0 Å². The maximum Gasteiger partial charge on any atom is 0.284 e. The van der Waals surface area contributed by atoms with Gasteiger partial charge in [0.15, 0.2) is 11.3 Å². The van der Waals surface area contributed by atoms with Crippen molar-refractivity contribution >= 4 is 17.2 Å². The van der Waals surface area contributed by atoms with E-state index in [1.807, 2.05) is 6.92 Å². The van der Waals surface area contributed by atoms with Crippen LogP contribution in [0.25, 0.3) is 5.65 Å². The molecular weight excluding hydrogens is 366 g/mol. The van der Waals surface area contributed by atoms with E-state index in [0.717, 1.165) is 31.4 Å². The highest BCUT2D eigenvalue weighted by atomic mass is 19.3. The van der Waals surface area contributed by atoms with Crippen molar-refractivity contribution in [2.75, 3.05) is 5.32 Å². The van der Waals surface area contributed by atoms with E-state index in [1.54, 1.807) is 16.9 Å². The van der Waals surface area contributed by atoms with E-state index in [2.05, 4.69) is 27.4 Å². The van der Waals surface area contributed by atoms with E-state index in [4.69, 9.17) is 0 Å². The first kappa shape index (κ1) is 18.5. The minimum Gasteiger partial charge on any atom is -0.319 e. The number of fused-ring (bicyclic) bond motifs is 1. The number of rotatable bonds is 4. The molecule has 0 unspecified atom stereocenters. The Morgan fingerprint density at radius 3 is 2.75 bits per heavy atom. The van der Waals surface area contributed by atoms with Gasteiger partial charge in [0.25, 0.3) is 12.3 Å². The van der Waals surface area contributed by atoms with Gasteiger partial charge in [-0.3, -0.25) is 9.48 Å². The Labute approximate surface area is 160 Å². The molecule has 1 fully saturated rings. The molecule has 1 N–H and O–H groups in total. The number of aryl methyl sites for hydroxylation is 1. The van der Waals surface area contributed by atoms with Crippen molar-refractivity contribution in [3.63, 3.8) is 0 Å². The lowest BCUT2D eigenvalue weighted by Gasteiger charge is -2.26. The number of hydrogen-bond acceptors (Lipinski definition) is 4. The van der Waals surface area contributed by atoms with Crippen molar-refractivity contribution < 1.29 is 13.6 Å². The lowest BCUT2D eigenvalue weighted by Crippen LogP contribution is -2.17. The lowest BCUT2D eigenvalue weighted by atomic mass is 9.87. The molecule has 0 radical (unpaired) electrons. The van der Waals surface area contributed by atoms with Crippen LogP contribution in [0.5, 0.6) is 0 Å².